The first-order valence-corrected chi connectivity index (χ1v) is 8.62. The van der Waals surface area contributed by atoms with Crippen molar-refractivity contribution in [3.63, 3.8) is 0 Å². The van der Waals surface area contributed by atoms with Crippen LogP contribution in [0.15, 0.2) is 71.4 Å². The molecular formula is C19H15N3OS. The van der Waals surface area contributed by atoms with Crippen LogP contribution in [-0.2, 0) is 13.0 Å². The number of hydrogen-bond donors (Lipinski definition) is 0. The molecule has 4 aromatic rings. The van der Waals surface area contributed by atoms with Crippen molar-refractivity contribution in [2.75, 3.05) is 0 Å². The molecule has 0 aliphatic rings. The van der Waals surface area contributed by atoms with Crippen LogP contribution in [0.25, 0.3) is 21.3 Å². The van der Waals surface area contributed by atoms with E-state index in [4.69, 9.17) is 0 Å². The van der Waals surface area contributed by atoms with Crippen LogP contribution in [-0.4, -0.2) is 14.5 Å². The molecule has 1 aromatic carbocycles. The Morgan fingerprint density at radius 1 is 1.04 bits per heavy atom. The standard InChI is InChI=1S/C19H15N3OS/c23-19-17-16(15-4-2-1-3-5-15)12-24-18(17)21-13-22(19)11-8-14-6-9-20-10-7-14/h1-7,9-10,12-13H,8,11H2. The third-order valence-electron chi connectivity index (χ3n) is 4.04. The van der Waals surface area contributed by atoms with Crippen molar-refractivity contribution in [1.29, 1.82) is 0 Å². The topological polar surface area (TPSA) is 47.8 Å². The highest BCUT2D eigenvalue weighted by molar-refractivity contribution is 7.17. The molecule has 3 heterocycles. The van der Waals surface area contributed by atoms with Gasteiger partial charge < -0.3 is 0 Å². The number of hydrogen-bond acceptors (Lipinski definition) is 4. The Balaban J connectivity index is 1.73. The summed E-state index contributed by atoms with van der Waals surface area (Å²) in [5, 5.41) is 2.73. The Labute approximate surface area is 143 Å². The smallest absolute Gasteiger partial charge is 0.262 e. The van der Waals surface area contributed by atoms with E-state index < -0.39 is 0 Å². The summed E-state index contributed by atoms with van der Waals surface area (Å²) in [4.78, 5) is 22.2. The van der Waals surface area contributed by atoms with Gasteiger partial charge in [0.05, 0.1) is 11.7 Å². The summed E-state index contributed by atoms with van der Waals surface area (Å²) in [6, 6.07) is 13.9. The molecular weight excluding hydrogens is 318 g/mol. The molecule has 0 amide bonds. The Kier molecular flexibility index (Phi) is 3.92. The maximum absolute atomic E-state index is 12.9. The van der Waals surface area contributed by atoms with Crippen molar-refractivity contribution < 1.29 is 0 Å². The third kappa shape index (κ3) is 2.74. The van der Waals surface area contributed by atoms with E-state index in [2.05, 4.69) is 9.97 Å². The Morgan fingerprint density at radius 2 is 1.83 bits per heavy atom. The highest BCUT2D eigenvalue weighted by Crippen LogP contribution is 2.30. The average Bonchev–Trinajstić information content (AvgIpc) is 3.08. The molecule has 0 spiro atoms. The monoisotopic (exact) mass is 333 g/mol. The van der Waals surface area contributed by atoms with Gasteiger partial charge in [0, 0.05) is 29.9 Å². The fourth-order valence-corrected chi connectivity index (χ4v) is 3.66. The number of aromatic nitrogens is 3. The van der Waals surface area contributed by atoms with Gasteiger partial charge >= 0.3 is 0 Å². The van der Waals surface area contributed by atoms with Crippen molar-refractivity contribution in [3.05, 3.63) is 82.5 Å². The fourth-order valence-electron chi connectivity index (χ4n) is 2.76. The predicted molar refractivity (Wildman–Crippen MR) is 97.3 cm³/mol. The molecule has 0 aliphatic carbocycles. The molecule has 118 valence electrons. The van der Waals surface area contributed by atoms with Gasteiger partial charge in [0.15, 0.2) is 0 Å². The van der Waals surface area contributed by atoms with Crippen LogP contribution in [0.3, 0.4) is 0 Å². The van der Waals surface area contributed by atoms with Crippen LogP contribution in [0.5, 0.6) is 0 Å². The van der Waals surface area contributed by atoms with E-state index in [0.29, 0.717) is 11.9 Å². The van der Waals surface area contributed by atoms with Gasteiger partial charge in [-0.25, -0.2) is 4.98 Å². The lowest BCUT2D eigenvalue weighted by molar-refractivity contribution is 0.663. The summed E-state index contributed by atoms with van der Waals surface area (Å²) in [5.74, 6) is 0. The lowest BCUT2D eigenvalue weighted by Gasteiger charge is -2.06. The van der Waals surface area contributed by atoms with E-state index in [9.17, 15) is 4.79 Å². The van der Waals surface area contributed by atoms with Crippen LogP contribution in [0.1, 0.15) is 5.56 Å². The predicted octanol–water partition coefficient (Wildman–Crippen LogP) is 3.76. The van der Waals surface area contributed by atoms with Crippen molar-refractivity contribution in [2.24, 2.45) is 0 Å². The zero-order chi connectivity index (χ0) is 16.4. The highest BCUT2D eigenvalue weighted by atomic mass is 32.1. The molecule has 4 nitrogen and oxygen atoms in total. The summed E-state index contributed by atoms with van der Waals surface area (Å²) < 4.78 is 1.70. The van der Waals surface area contributed by atoms with Crippen molar-refractivity contribution in [1.82, 2.24) is 14.5 Å². The summed E-state index contributed by atoms with van der Waals surface area (Å²) in [7, 11) is 0. The maximum atomic E-state index is 12.9. The molecule has 0 atom stereocenters. The molecule has 0 aliphatic heterocycles. The van der Waals surface area contributed by atoms with Crippen LogP contribution >= 0.6 is 11.3 Å². The van der Waals surface area contributed by atoms with E-state index in [0.717, 1.165) is 27.9 Å². The van der Waals surface area contributed by atoms with Gasteiger partial charge in [-0.1, -0.05) is 30.3 Å². The third-order valence-corrected chi connectivity index (χ3v) is 4.92. The zero-order valence-corrected chi connectivity index (χ0v) is 13.7. The summed E-state index contributed by atoms with van der Waals surface area (Å²) in [6.07, 6.45) is 5.97. The molecule has 4 rings (SSSR count). The van der Waals surface area contributed by atoms with Gasteiger partial charge in [-0.15, -0.1) is 11.3 Å². The van der Waals surface area contributed by atoms with Crippen LogP contribution in [0, 0.1) is 0 Å². The Bertz CT molecular complexity index is 1020. The average molecular weight is 333 g/mol. The second-order valence-corrected chi connectivity index (χ2v) is 6.40. The van der Waals surface area contributed by atoms with Gasteiger partial charge in [0.2, 0.25) is 0 Å². The minimum atomic E-state index is 0.0224. The highest BCUT2D eigenvalue weighted by Gasteiger charge is 2.13. The second-order valence-electron chi connectivity index (χ2n) is 5.54. The van der Waals surface area contributed by atoms with Gasteiger partial charge in [0.1, 0.15) is 4.83 Å². The van der Waals surface area contributed by atoms with E-state index in [-0.39, 0.29) is 5.56 Å². The summed E-state index contributed by atoms with van der Waals surface area (Å²) in [6.45, 7) is 0.607. The number of aryl methyl sites for hydroxylation is 2. The Morgan fingerprint density at radius 3 is 2.62 bits per heavy atom. The van der Waals surface area contributed by atoms with Crippen LogP contribution in [0.2, 0.25) is 0 Å². The minimum absolute atomic E-state index is 0.0224. The number of thiophene rings is 1. The van der Waals surface area contributed by atoms with Gasteiger partial charge in [0.25, 0.3) is 5.56 Å². The largest absolute Gasteiger partial charge is 0.298 e. The lowest BCUT2D eigenvalue weighted by Crippen LogP contribution is -2.21. The zero-order valence-electron chi connectivity index (χ0n) is 12.9. The van der Waals surface area contributed by atoms with Gasteiger partial charge in [-0.2, -0.15) is 0 Å². The minimum Gasteiger partial charge on any atom is -0.298 e. The van der Waals surface area contributed by atoms with Crippen molar-refractivity contribution in [3.8, 4) is 11.1 Å². The molecule has 0 radical (unpaired) electrons. The summed E-state index contributed by atoms with van der Waals surface area (Å²) in [5.41, 5.74) is 3.20. The molecule has 24 heavy (non-hydrogen) atoms. The lowest BCUT2D eigenvalue weighted by atomic mass is 10.1. The van der Waals surface area contributed by atoms with E-state index in [1.165, 1.54) is 11.3 Å². The van der Waals surface area contributed by atoms with Gasteiger partial charge in [-0.05, 0) is 29.7 Å². The molecule has 0 saturated carbocycles. The van der Waals surface area contributed by atoms with Crippen molar-refractivity contribution >= 4 is 21.6 Å². The number of rotatable bonds is 4. The molecule has 0 saturated heterocycles. The van der Waals surface area contributed by atoms with Crippen LogP contribution in [0.4, 0.5) is 0 Å². The molecule has 0 N–H and O–H groups in total. The number of pyridine rings is 1. The number of nitrogens with zero attached hydrogens (tertiary/aromatic N) is 3. The molecule has 0 unspecified atom stereocenters. The van der Waals surface area contributed by atoms with Gasteiger partial charge in [-0.3, -0.25) is 14.3 Å². The van der Waals surface area contributed by atoms with Crippen molar-refractivity contribution in [2.45, 2.75) is 13.0 Å². The normalized spacial score (nSPS) is 11.0. The van der Waals surface area contributed by atoms with E-state index in [1.54, 1.807) is 23.3 Å². The first-order chi connectivity index (χ1) is 11.8. The van der Waals surface area contributed by atoms with Crippen LogP contribution < -0.4 is 5.56 Å². The fraction of sp³-hybridized carbons (Fsp3) is 0.105. The number of benzene rings is 1. The molecule has 5 heteroatoms. The second kappa shape index (κ2) is 6.37. The first kappa shape index (κ1) is 14.8. The SMILES string of the molecule is O=c1c2c(-c3ccccc3)csc2ncn1CCc1ccncc1. The summed E-state index contributed by atoms with van der Waals surface area (Å²) >= 11 is 1.51. The van der Waals surface area contributed by atoms with E-state index in [1.807, 2.05) is 47.8 Å². The maximum Gasteiger partial charge on any atom is 0.262 e. The molecule has 0 bridgehead atoms. The quantitative estimate of drug-likeness (QED) is 0.571. The first-order valence-electron chi connectivity index (χ1n) is 7.74. The Hall–Kier alpha value is -2.79. The molecule has 0 fully saturated rings. The molecule has 3 aromatic heterocycles. The van der Waals surface area contributed by atoms with E-state index >= 15 is 0 Å². The number of fused-ring (bicyclic) bond motifs is 1.